The second kappa shape index (κ2) is 7.51. The third-order valence-corrected chi connectivity index (χ3v) is 2.17. The number of benzene rings is 1. The molecule has 0 spiro atoms. The van der Waals surface area contributed by atoms with Gasteiger partial charge in [0.25, 0.3) is 0 Å². The van der Waals surface area contributed by atoms with E-state index < -0.39 is 0 Å². The van der Waals surface area contributed by atoms with E-state index in [1.807, 2.05) is 24.3 Å². The summed E-state index contributed by atoms with van der Waals surface area (Å²) in [4.78, 5) is 10.9. The van der Waals surface area contributed by atoms with Crippen LogP contribution in [0.2, 0.25) is 0 Å². The number of nitrogens with one attached hydrogen (secondary N) is 2. The fourth-order valence-corrected chi connectivity index (χ4v) is 1.26. The van der Waals surface area contributed by atoms with E-state index in [0.29, 0.717) is 31.2 Å². The van der Waals surface area contributed by atoms with E-state index in [1.165, 1.54) is 0 Å². The minimum absolute atomic E-state index is 0.0395. The minimum atomic E-state index is -0.0395. The van der Waals surface area contributed by atoms with Crippen molar-refractivity contribution in [3.05, 3.63) is 24.3 Å². The number of carbonyl (C=O) groups is 1. The summed E-state index contributed by atoms with van der Waals surface area (Å²) in [5.41, 5.74) is 0. The van der Waals surface area contributed by atoms with Crippen molar-refractivity contribution in [3.8, 4) is 11.5 Å². The highest BCUT2D eigenvalue weighted by Crippen LogP contribution is 2.25. The zero-order chi connectivity index (χ0) is 12.5. The van der Waals surface area contributed by atoms with Crippen molar-refractivity contribution in [2.45, 2.75) is 0 Å². The molecule has 94 valence electrons. The van der Waals surface area contributed by atoms with Crippen LogP contribution in [-0.4, -0.2) is 39.8 Å². The van der Waals surface area contributed by atoms with Crippen LogP contribution in [0, 0.1) is 0 Å². The number of hydrogen-bond acceptors (Lipinski definition) is 4. The molecule has 0 atom stereocenters. The smallest absolute Gasteiger partial charge is 0.233 e. The lowest BCUT2D eigenvalue weighted by Crippen LogP contribution is -2.33. The summed E-state index contributed by atoms with van der Waals surface area (Å²) >= 11 is 0. The maximum absolute atomic E-state index is 10.9. The van der Waals surface area contributed by atoms with Gasteiger partial charge in [-0.05, 0) is 12.1 Å². The second-order valence-corrected chi connectivity index (χ2v) is 3.35. The van der Waals surface area contributed by atoms with Crippen LogP contribution in [-0.2, 0) is 4.79 Å². The fourth-order valence-electron chi connectivity index (χ4n) is 1.26. The third-order valence-electron chi connectivity index (χ3n) is 2.17. The normalized spacial score (nSPS) is 9.76. The highest BCUT2D eigenvalue weighted by Gasteiger charge is 2.02. The summed E-state index contributed by atoms with van der Waals surface area (Å²) < 4.78 is 10.7. The van der Waals surface area contributed by atoms with Crippen molar-refractivity contribution in [2.75, 3.05) is 33.9 Å². The Kier molecular flexibility index (Phi) is 5.88. The number of likely N-dealkylation sites (N-methyl/N-ethyl adjacent to an activating group) is 1. The monoisotopic (exact) mass is 238 g/mol. The lowest BCUT2D eigenvalue weighted by Gasteiger charge is -2.10. The van der Waals surface area contributed by atoms with Crippen LogP contribution in [0.5, 0.6) is 11.5 Å². The van der Waals surface area contributed by atoms with Gasteiger partial charge in [-0.1, -0.05) is 12.1 Å². The Balaban J connectivity index is 2.24. The molecule has 1 aromatic rings. The topological polar surface area (TPSA) is 59.6 Å². The van der Waals surface area contributed by atoms with Gasteiger partial charge in [0, 0.05) is 13.6 Å². The van der Waals surface area contributed by atoms with Crippen molar-refractivity contribution < 1.29 is 14.3 Å². The van der Waals surface area contributed by atoms with Gasteiger partial charge in [0.05, 0.1) is 13.7 Å². The number of amides is 1. The summed E-state index contributed by atoms with van der Waals surface area (Å²) in [6.07, 6.45) is 0. The molecular formula is C12H18N2O3. The van der Waals surface area contributed by atoms with Gasteiger partial charge in [0.2, 0.25) is 5.91 Å². The molecule has 0 aliphatic rings. The van der Waals surface area contributed by atoms with Crippen molar-refractivity contribution in [2.24, 2.45) is 0 Å². The minimum Gasteiger partial charge on any atom is -0.493 e. The lowest BCUT2D eigenvalue weighted by molar-refractivity contribution is -0.119. The van der Waals surface area contributed by atoms with E-state index in [1.54, 1.807) is 14.2 Å². The van der Waals surface area contributed by atoms with Crippen molar-refractivity contribution >= 4 is 5.91 Å². The molecule has 0 saturated heterocycles. The van der Waals surface area contributed by atoms with Crippen LogP contribution in [0.4, 0.5) is 0 Å². The molecule has 0 bridgehead atoms. The van der Waals surface area contributed by atoms with Crippen molar-refractivity contribution in [1.29, 1.82) is 0 Å². The first-order valence-electron chi connectivity index (χ1n) is 5.45. The highest BCUT2D eigenvalue weighted by atomic mass is 16.5. The van der Waals surface area contributed by atoms with E-state index in [0.717, 1.165) is 0 Å². The Morgan fingerprint density at radius 1 is 1.29 bits per heavy atom. The molecule has 0 heterocycles. The Bertz CT molecular complexity index is 355. The summed E-state index contributed by atoms with van der Waals surface area (Å²) in [7, 11) is 3.21. The Morgan fingerprint density at radius 3 is 2.65 bits per heavy atom. The molecule has 0 aliphatic heterocycles. The summed E-state index contributed by atoms with van der Waals surface area (Å²) in [5, 5.41) is 5.50. The highest BCUT2D eigenvalue weighted by molar-refractivity contribution is 5.77. The first-order chi connectivity index (χ1) is 8.27. The average Bonchev–Trinajstić information content (AvgIpc) is 2.38. The van der Waals surface area contributed by atoms with Gasteiger partial charge in [0.1, 0.15) is 6.61 Å². The molecule has 2 N–H and O–H groups in total. The maximum Gasteiger partial charge on any atom is 0.233 e. The van der Waals surface area contributed by atoms with Gasteiger partial charge in [-0.2, -0.15) is 0 Å². The number of carbonyl (C=O) groups excluding carboxylic acids is 1. The summed E-state index contributed by atoms with van der Waals surface area (Å²) in [6, 6.07) is 7.45. The number of ether oxygens (including phenoxy) is 2. The van der Waals surface area contributed by atoms with Gasteiger partial charge < -0.3 is 20.1 Å². The number of methoxy groups -OCH3 is 1. The molecule has 1 aromatic carbocycles. The first-order valence-corrected chi connectivity index (χ1v) is 5.45. The van der Waals surface area contributed by atoms with Gasteiger partial charge in [-0.15, -0.1) is 0 Å². The quantitative estimate of drug-likeness (QED) is 0.675. The largest absolute Gasteiger partial charge is 0.493 e. The number of rotatable bonds is 7. The van der Waals surface area contributed by atoms with Crippen molar-refractivity contribution in [1.82, 2.24) is 10.6 Å². The molecule has 1 amide bonds. The molecule has 0 radical (unpaired) electrons. The summed E-state index contributed by atoms with van der Waals surface area (Å²) in [6.45, 7) is 1.38. The SMILES string of the molecule is CNC(=O)CNCCOc1ccccc1OC. The van der Waals surface area contributed by atoms with Crippen LogP contribution >= 0.6 is 0 Å². The Labute approximate surface area is 101 Å². The van der Waals surface area contributed by atoms with Crippen LogP contribution < -0.4 is 20.1 Å². The predicted octanol–water partition coefficient (Wildman–Crippen LogP) is 0.410. The third kappa shape index (κ3) is 4.74. The molecule has 17 heavy (non-hydrogen) atoms. The molecule has 0 fully saturated rings. The fraction of sp³-hybridized carbons (Fsp3) is 0.417. The molecule has 5 nitrogen and oxygen atoms in total. The number of para-hydroxylation sites is 2. The van der Waals surface area contributed by atoms with Gasteiger partial charge in [-0.25, -0.2) is 0 Å². The van der Waals surface area contributed by atoms with E-state index in [9.17, 15) is 4.79 Å². The molecule has 0 aliphatic carbocycles. The van der Waals surface area contributed by atoms with Gasteiger partial charge >= 0.3 is 0 Å². The zero-order valence-electron chi connectivity index (χ0n) is 10.2. The van der Waals surface area contributed by atoms with E-state index in [2.05, 4.69) is 10.6 Å². The van der Waals surface area contributed by atoms with Crippen LogP contribution in [0.15, 0.2) is 24.3 Å². The van der Waals surface area contributed by atoms with Gasteiger partial charge in [0.15, 0.2) is 11.5 Å². The molecule has 1 rings (SSSR count). The summed E-state index contributed by atoms with van der Waals surface area (Å²) in [5.74, 6) is 1.37. The van der Waals surface area contributed by atoms with Crippen LogP contribution in [0.3, 0.4) is 0 Å². The molecule has 5 heteroatoms. The van der Waals surface area contributed by atoms with E-state index >= 15 is 0 Å². The van der Waals surface area contributed by atoms with Crippen molar-refractivity contribution in [3.63, 3.8) is 0 Å². The van der Waals surface area contributed by atoms with E-state index in [4.69, 9.17) is 9.47 Å². The van der Waals surface area contributed by atoms with E-state index in [-0.39, 0.29) is 5.91 Å². The molecule has 0 saturated carbocycles. The average molecular weight is 238 g/mol. The van der Waals surface area contributed by atoms with Gasteiger partial charge in [-0.3, -0.25) is 4.79 Å². The Morgan fingerprint density at radius 2 is 2.00 bits per heavy atom. The predicted molar refractivity (Wildman–Crippen MR) is 65.4 cm³/mol. The Hall–Kier alpha value is -1.75. The molecule has 0 aromatic heterocycles. The standard InChI is InChI=1S/C12H18N2O3/c1-13-12(15)9-14-7-8-17-11-6-4-3-5-10(11)16-2/h3-6,14H,7-9H2,1-2H3,(H,13,15). The second-order valence-electron chi connectivity index (χ2n) is 3.35. The maximum atomic E-state index is 10.9. The first kappa shape index (κ1) is 13.3. The molecule has 0 unspecified atom stereocenters. The number of hydrogen-bond donors (Lipinski definition) is 2. The lowest BCUT2D eigenvalue weighted by atomic mass is 10.3. The molecular weight excluding hydrogens is 220 g/mol. The van der Waals surface area contributed by atoms with Crippen LogP contribution in [0.25, 0.3) is 0 Å². The van der Waals surface area contributed by atoms with Crippen LogP contribution in [0.1, 0.15) is 0 Å². The zero-order valence-corrected chi connectivity index (χ0v) is 10.2.